The van der Waals surface area contributed by atoms with Gasteiger partial charge in [-0.3, -0.25) is 9.59 Å². The Morgan fingerprint density at radius 1 is 1.50 bits per heavy atom. The number of pyridine rings is 1. The summed E-state index contributed by atoms with van der Waals surface area (Å²) in [5.74, 6) is 0.197. The van der Waals surface area contributed by atoms with Gasteiger partial charge in [0.1, 0.15) is 0 Å². The molecule has 0 radical (unpaired) electrons. The van der Waals surface area contributed by atoms with E-state index in [-0.39, 0.29) is 17.4 Å². The fourth-order valence-electron chi connectivity index (χ4n) is 2.63. The summed E-state index contributed by atoms with van der Waals surface area (Å²) in [6.45, 7) is 4.69. The van der Waals surface area contributed by atoms with Crippen molar-refractivity contribution in [2.24, 2.45) is 0 Å². The Kier molecular flexibility index (Phi) is 3.84. The van der Waals surface area contributed by atoms with Gasteiger partial charge in [0.2, 0.25) is 5.91 Å². The second-order valence-electron chi connectivity index (χ2n) is 4.95. The van der Waals surface area contributed by atoms with Gasteiger partial charge in [-0.2, -0.15) is 0 Å². The third-order valence-corrected chi connectivity index (χ3v) is 3.39. The van der Waals surface area contributed by atoms with Crippen molar-refractivity contribution in [1.29, 1.82) is 0 Å². The van der Waals surface area contributed by atoms with Crippen LogP contribution in [0, 0.1) is 6.92 Å². The van der Waals surface area contributed by atoms with Gasteiger partial charge in [-0.25, -0.2) is 0 Å². The van der Waals surface area contributed by atoms with E-state index in [9.17, 15) is 9.59 Å². The molecular formula is C14H20N2O2. The zero-order valence-corrected chi connectivity index (χ0v) is 11.0. The molecule has 1 N–H and O–H groups in total. The van der Waals surface area contributed by atoms with E-state index in [4.69, 9.17) is 0 Å². The van der Waals surface area contributed by atoms with Gasteiger partial charge in [0.25, 0.3) is 0 Å². The van der Waals surface area contributed by atoms with E-state index in [1.54, 1.807) is 12.1 Å². The van der Waals surface area contributed by atoms with Crippen molar-refractivity contribution >= 4 is 5.91 Å². The first kappa shape index (κ1) is 12.9. The zero-order valence-electron chi connectivity index (χ0n) is 11.0. The Balaban J connectivity index is 2.25. The maximum Gasteiger partial charge on any atom is 0.223 e. The third kappa shape index (κ3) is 2.63. The lowest BCUT2D eigenvalue weighted by molar-refractivity contribution is -0.132. The van der Waals surface area contributed by atoms with Crippen LogP contribution in [0.2, 0.25) is 0 Å². The van der Waals surface area contributed by atoms with Crippen molar-refractivity contribution in [3.63, 3.8) is 0 Å². The van der Waals surface area contributed by atoms with E-state index >= 15 is 0 Å². The highest BCUT2D eigenvalue weighted by molar-refractivity contribution is 5.76. The van der Waals surface area contributed by atoms with Gasteiger partial charge in [-0.1, -0.05) is 6.92 Å². The van der Waals surface area contributed by atoms with E-state index in [0.29, 0.717) is 6.42 Å². The molecule has 0 spiro atoms. The van der Waals surface area contributed by atoms with E-state index in [1.807, 2.05) is 18.7 Å². The van der Waals surface area contributed by atoms with Crippen molar-refractivity contribution in [2.75, 3.05) is 6.54 Å². The van der Waals surface area contributed by atoms with Gasteiger partial charge >= 0.3 is 0 Å². The first-order valence-electron chi connectivity index (χ1n) is 6.62. The topological polar surface area (TPSA) is 53.2 Å². The molecule has 1 aromatic rings. The highest BCUT2D eigenvalue weighted by Crippen LogP contribution is 2.30. The van der Waals surface area contributed by atoms with Crippen molar-refractivity contribution in [1.82, 2.24) is 9.88 Å². The predicted molar refractivity (Wildman–Crippen MR) is 70.4 cm³/mol. The number of nitrogens with one attached hydrogen (secondary N) is 1. The minimum atomic E-state index is 0.0102. The minimum Gasteiger partial charge on any atom is -0.361 e. The molecule has 2 heterocycles. The molecule has 1 aromatic heterocycles. The van der Waals surface area contributed by atoms with Gasteiger partial charge in [0.05, 0.1) is 6.04 Å². The van der Waals surface area contributed by atoms with E-state index in [2.05, 4.69) is 4.98 Å². The van der Waals surface area contributed by atoms with E-state index in [0.717, 1.165) is 37.2 Å². The Morgan fingerprint density at radius 3 is 2.94 bits per heavy atom. The molecule has 1 atom stereocenters. The van der Waals surface area contributed by atoms with Gasteiger partial charge in [-0.05, 0) is 26.2 Å². The fourth-order valence-corrected chi connectivity index (χ4v) is 2.63. The van der Waals surface area contributed by atoms with Crippen LogP contribution in [0.4, 0.5) is 0 Å². The maximum absolute atomic E-state index is 12.0. The average Bonchev–Trinajstić information content (AvgIpc) is 2.76. The minimum absolute atomic E-state index is 0.0102. The number of hydrogen-bond acceptors (Lipinski definition) is 2. The number of amides is 1. The average molecular weight is 248 g/mol. The van der Waals surface area contributed by atoms with Gasteiger partial charge in [0.15, 0.2) is 5.43 Å². The fraction of sp³-hybridized carbons (Fsp3) is 0.571. The number of aromatic nitrogens is 1. The SMILES string of the molecule is CCCC(=O)N1CCC[C@@H]1c1cc(=O)cc(C)[nH]1. The second kappa shape index (κ2) is 5.38. The van der Waals surface area contributed by atoms with Crippen LogP contribution >= 0.6 is 0 Å². The quantitative estimate of drug-likeness (QED) is 0.891. The summed E-state index contributed by atoms with van der Waals surface area (Å²) < 4.78 is 0. The molecule has 0 bridgehead atoms. The number of H-pyrrole nitrogens is 1. The molecule has 18 heavy (non-hydrogen) atoms. The number of aryl methyl sites for hydroxylation is 1. The van der Waals surface area contributed by atoms with Gasteiger partial charge in [-0.15, -0.1) is 0 Å². The summed E-state index contributed by atoms with van der Waals surface area (Å²) in [6.07, 6.45) is 3.41. The Hall–Kier alpha value is -1.58. The highest BCUT2D eigenvalue weighted by Gasteiger charge is 2.29. The van der Waals surface area contributed by atoms with Crippen molar-refractivity contribution in [3.05, 3.63) is 33.7 Å². The molecule has 4 heteroatoms. The number of carbonyl (C=O) groups is 1. The van der Waals surface area contributed by atoms with Gasteiger partial charge < -0.3 is 9.88 Å². The lowest BCUT2D eigenvalue weighted by Crippen LogP contribution is -2.31. The van der Waals surface area contributed by atoms with Crippen LogP contribution in [0.3, 0.4) is 0 Å². The standard InChI is InChI=1S/C14H20N2O2/c1-3-5-14(18)16-7-4-6-13(16)12-9-11(17)8-10(2)15-12/h8-9,13H,3-7H2,1-2H3,(H,15,17)/t13-/m1/s1. The van der Waals surface area contributed by atoms with Crippen LogP contribution < -0.4 is 5.43 Å². The summed E-state index contributed by atoms with van der Waals surface area (Å²) in [5.41, 5.74) is 1.74. The Bertz CT molecular complexity index is 493. The van der Waals surface area contributed by atoms with Crippen molar-refractivity contribution in [2.45, 2.75) is 45.6 Å². The molecule has 98 valence electrons. The molecule has 1 amide bonds. The van der Waals surface area contributed by atoms with Crippen LogP contribution in [-0.4, -0.2) is 22.3 Å². The first-order valence-corrected chi connectivity index (χ1v) is 6.62. The molecule has 2 rings (SSSR count). The number of carbonyl (C=O) groups excluding carboxylic acids is 1. The first-order chi connectivity index (χ1) is 8.61. The maximum atomic E-state index is 12.0. The number of hydrogen-bond donors (Lipinski definition) is 1. The molecule has 1 aliphatic rings. The highest BCUT2D eigenvalue weighted by atomic mass is 16.2. The summed E-state index contributed by atoms with van der Waals surface area (Å²) in [5, 5.41) is 0. The Morgan fingerprint density at radius 2 is 2.28 bits per heavy atom. The van der Waals surface area contributed by atoms with Crippen LogP contribution in [0.5, 0.6) is 0 Å². The zero-order chi connectivity index (χ0) is 13.1. The van der Waals surface area contributed by atoms with Crippen molar-refractivity contribution < 1.29 is 4.79 Å². The second-order valence-corrected chi connectivity index (χ2v) is 4.95. The lowest BCUT2D eigenvalue weighted by atomic mass is 10.1. The van der Waals surface area contributed by atoms with Crippen molar-refractivity contribution in [3.8, 4) is 0 Å². The summed E-state index contributed by atoms with van der Waals surface area (Å²) in [7, 11) is 0. The molecule has 0 saturated carbocycles. The number of likely N-dealkylation sites (tertiary alicyclic amines) is 1. The van der Waals surface area contributed by atoms with Crippen LogP contribution in [0.15, 0.2) is 16.9 Å². The number of aromatic amines is 1. The summed E-state index contributed by atoms with van der Waals surface area (Å²) >= 11 is 0. The molecule has 4 nitrogen and oxygen atoms in total. The monoisotopic (exact) mass is 248 g/mol. The molecule has 0 aliphatic carbocycles. The van der Waals surface area contributed by atoms with Crippen LogP contribution in [-0.2, 0) is 4.79 Å². The molecule has 1 aliphatic heterocycles. The molecule has 1 saturated heterocycles. The molecule has 1 fully saturated rings. The predicted octanol–water partition coefficient (Wildman–Crippen LogP) is 2.15. The molecule has 0 unspecified atom stereocenters. The smallest absolute Gasteiger partial charge is 0.223 e. The lowest BCUT2D eigenvalue weighted by Gasteiger charge is -2.25. The van der Waals surface area contributed by atoms with E-state index in [1.165, 1.54) is 0 Å². The van der Waals surface area contributed by atoms with Crippen LogP contribution in [0.25, 0.3) is 0 Å². The number of rotatable bonds is 3. The molecular weight excluding hydrogens is 228 g/mol. The van der Waals surface area contributed by atoms with Crippen LogP contribution in [0.1, 0.15) is 50.0 Å². The van der Waals surface area contributed by atoms with E-state index < -0.39 is 0 Å². The number of nitrogens with zero attached hydrogens (tertiary/aromatic N) is 1. The summed E-state index contributed by atoms with van der Waals surface area (Å²) in [4.78, 5) is 28.7. The summed E-state index contributed by atoms with van der Waals surface area (Å²) in [6, 6.07) is 3.25. The van der Waals surface area contributed by atoms with Gasteiger partial charge in [0, 0.05) is 36.5 Å². The normalized spacial score (nSPS) is 19.2. The third-order valence-electron chi connectivity index (χ3n) is 3.39. The molecule has 0 aromatic carbocycles. The largest absolute Gasteiger partial charge is 0.361 e. The Labute approximate surface area is 107 Å².